The van der Waals surface area contributed by atoms with E-state index in [0.29, 0.717) is 18.7 Å². The van der Waals surface area contributed by atoms with Gasteiger partial charge in [0.05, 0.1) is 24.0 Å². The summed E-state index contributed by atoms with van der Waals surface area (Å²) >= 11 is 0. The molecule has 0 radical (unpaired) electrons. The lowest BCUT2D eigenvalue weighted by atomic mass is 10.0. The fourth-order valence-corrected chi connectivity index (χ4v) is 5.14. The number of aryl methyl sites for hydroxylation is 1. The Bertz CT molecular complexity index is 1340. The number of nitriles is 1. The molecule has 9 heteroatoms. The Labute approximate surface area is 234 Å². The Hall–Kier alpha value is -4.29. The van der Waals surface area contributed by atoms with Gasteiger partial charge in [-0.15, -0.1) is 0 Å². The number of amides is 2. The summed E-state index contributed by atoms with van der Waals surface area (Å²) in [5, 5.41) is 12.0. The van der Waals surface area contributed by atoms with Gasteiger partial charge in [0.15, 0.2) is 0 Å². The van der Waals surface area contributed by atoms with E-state index in [-0.39, 0.29) is 35.3 Å². The minimum atomic E-state index is -0.272. The number of likely N-dealkylation sites (tertiary alicyclic amines) is 2. The van der Waals surface area contributed by atoms with Crippen molar-refractivity contribution in [3.05, 3.63) is 89.0 Å². The first-order valence-electron chi connectivity index (χ1n) is 13.8. The topological polar surface area (TPSA) is 111 Å². The van der Waals surface area contributed by atoms with Gasteiger partial charge in [-0.2, -0.15) is 5.26 Å². The van der Waals surface area contributed by atoms with Crippen LogP contribution < -0.4 is 10.1 Å². The normalized spacial score (nSPS) is 16.8. The molecule has 2 saturated heterocycles. The van der Waals surface area contributed by atoms with Gasteiger partial charge in [-0.1, -0.05) is 29.8 Å². The monoisotopic (exact) mass is 538 g/mol. The highest BCUT2D eigenvalue weighted by molar-refractivity contribution is 5.94. The minimum absolute atomic E-state index is 0.0660. The summed E-state index contributed by atoms with van der Waals surface area (Å²) in [4.78, 5) is 38.3. The lowest BCUT2D eigenvalue weighted by Crippen LogP contribution is -2.44. The van der Waals surface area contributed by atoms with Gasteiger partial charge in [0, 0.05) is 51.6 Å². The Morgan fingerprint density at radius 1 is 0.925 bits per heavy atom. The molecule has 40 heavy (non-hydrogen) atoms. The van der Waals surface area contributed by atoms with Crippen LogP contribution in [-0.4, -0.2) is 69.9 Å². The first-order chi connectivity index (χ1) is 19.5. The fraction of sp³-hybridized carbons (Fsp3) is 0.387. The quantitative estimate of drug-likeness (QED) is 0.488. The predicted molar refractivity (Wildman–Crippen MR) is 150 cm³/mol. The number of nitrogens with one attached hydrogen (secondary N) is 1. The maximum Gasteiger partial charge on any atom is 0.274 e. The summed E-state index contributed by atoms with van der Waals surface area (Å²) in [6.45, 7) is 5.78. The molecular weight excluding hydrogens is 504 g/mol. The molecule has 3 aromatic rings. The largest absolute Gasteiger partial charge is 0.490 e. The Morgan fingerprint density at radius 3 is 2.20 bits per heavy atom. The second-order valence-electron chi connectivity index (χ2n) is 10.5. The van der Waals surface area contributed by atoms with Crippen molar-refractivity contribution in [3.63, 3.8) is 0 Å². The van der Waals surface area contributed by atoms with Crippen LogP contribution >= 0.6 is 0 Å². The number of hydrogen-bond acceptors (Lipinski definition) is 7. The van der Waals surface area contributed by atoms with E-state index in [1.54, 1.807) is 4.90 Å². The summed E-state index contributed by atoms with van der Waals surface area (Å²) in [5.74, 6) is 0.401. The van der Waals surface area contributed by atoms with E-state index in [0.717, 1.165) is 51.1 Å². The maximum atomic E-state index is 13.0. The van der Waals surface area contributed by atoms with Crippen LogP contribution in [0.3, 0.4) is 0 Å². The molecule has 0 atom stereocenters. The Morgan fingerprint density at radius 2 is 1.57 bits per heavy atom. The molecule has 0 spiro atoms. The average molecular weight is 539 g/mol. The van der Waals surface area contributed by atoms with E-state index in [1.807, 2.05) is 55.5 Å². The lowest BCUT2D eigenvalue weighted by Gasteiger charge is -2.32. The van der Waals surface area contributed by atoms with E-state index in [9.17, 15) is 9.59 Å². The van der Waals surface area contributed by atoms with Crippen molar-refractivity contribution >= 4 is 11.8 Å². The second kappa shape index (κ2) is 12.7. The Kier molecular flexibility index (Phi) is 8.67. The highest BCUT2D eigenvalue weighted by Crippen LogP contribution is 2.21. The molecule has 2 amide bonds. The number of nitrogens with zero attached hydrogens (tertiary/aromatic N) is 5. The molecule has 3 heterocycles. The van der Waals surface area contributed by atoms with Crippen LogP contribution in [-0.2, 0) is 6.54 Å². The minimum Gasteiger partial charge on any atom is -0.490 e. The third-order valence-electron chi connectivity index (χ3n) is 7.57. The summed E-state index contributed by atoms with van der Waals surface area (Å²) < 4.78 is 6.07. The lowest BCUT2D eigenvalue weighted by molar-refractivity contribution is 0.0589. The summed E-state index contributed by atoms with van der Waals surface area (Å²) in [5.41, 5.74) is 3.48. The molecule has 2 fully saturated rings. The van der Waals surface area contributed by atoms with E-state index in [4.69, 9.17) is 10.00 Å². The number of benzene rings is 2. The van der Waals surface area contributed by atoms with E-state index >= 15 is 0 Å². The van der Waals surface area contributed by atoms with Crippen molar-refractivity contribution in [1.82, 2.24) is 25.1 Å². The number of carbonyl (C=O) groups excluding carboxylic acids is 2. The van der Waals surface area contributed by atoms with Gasteiger partial charge in [0.2, 0.25) is 0 Å². The highest BCUT2D eigenvalue weighted by Gasteiger charge is 2.26. The van der Waals surface area contributed by atoms with Gasteiger partial charge >= 0.3 is 0 Å². The Balaban J connectivity index is 1.05. The van der Waals surface area contributed by atoms with Crippen LogP contribution in [0.1, 0.15) is 63.4 Å². The van der Waals surface area contributed by atoms with Crippen LogP contribution in [0.5, 0.6) is 5.75 Å². The molecule has 2 aromatic carbocycles. The van der Waals surface area contributed by atoms with Gasteiger partial charge < -0.3 is 15.0 Å². The van der Waals surface area contributed by atoms with Crippen molar-refractivity contribution in [2.45, 2.75) is 51.3 Å². The van der Waals surface area contributed by atoms with Crippen molar-refractivity contribution in [2.24, 2.45) is 0 Å². The van der Waals surface area contributed by atoms with Gasteiger partial charge in [-0.05, 0) is 49.6 Å². The van der Waals surface area contributed by atoms with E-state index < -0.39 is 0 Å². The van der Waals surface area contributed by atoms with E-state index in [1.165, 1.54) is 23.5 Å². The molecule has 206 valence electrons. The summed E-state index contributed by atoms with van der Waals surface area (Å²) in [6, 6.07) is 17.9. The highest BCUT2D eigenvalue weighted by atomic mass is 16.5. The second-order valence-corrected chi connectivity index (χ2v) is 10.5. The molecule has 2 aliphatic rings. The molecule has 2 aliphatic heterocycles. The summed E-state index contributed by atoms with van der Waals surface area (Å²) in [6.07, 6.45) is 6.04. The SMILES string of the molecule is Cc1ccc(OC2CCN(C(=O)c3cnc(C(=O)NC4CCN(Cc5ccc(C#N)cc5)CC4)cn3)CC2)cc1. The zero-order valence-corrected chi connectivity index (χ0v) is 22.8. The van der Waals surface area contributed by atoms with Crippen molar-refractivity contribution < 1.29 is 14.3 Å². The average Bonchev–Trinajstić information content (AvgIpc) is 3.00. The van der Waals surface area contributed by atoms with Crippen molar-refractivity contribution in [1.29, 1.82) is 5.26 Å². The number of carbonyl (C=O) groups is 2. The van der Waals surface area contributed by atoms with Crippen LogP contribution in [0.2, 0.25) is 0 Å². The van der Waals surface area contributed by atoms with Crippen LogP contribution in [0.15, 0.2) is 60.9 Å². The maximum absolute atomic E-state index is 13.0. The smallest absolute Gasteiger partial charge is 0.274 e. The predicted octanol–water partition coefficient (Wildman–Crippen LogP) is 3.73. The van der Waals surface area contributed by atoms with Gasteiger partial charge in [0.1, 0.15) is 23.2 Å². The molecule has 1 N–H and O–H groups in total. The van der Waals surface area contributed by atoms with Crippen molar-refractivity contribution in [2.75, 3.05) is 26.2 Å². The molecule has 0 unspecified atom stereocenters. The number of rotatable bonds is 7. The van der Waals surface area contributed by atoms with Gasteiger partial charge in [0.25, 0.3) is 11.8 Å². The fourth-order valence-electron chi connectivity index (χ4n) is 5.14. The first kappa shape index (κ1) is 27.3. The number of piperidine rings is 2. The number of ether oxygens (including phenoxy) is 1. The standard InChI is InChI=1S/C31H34N6O3/c1-22-2-8-26(9-3-22)40-27-12-16-37(17-13-27)31(39)29-20-33-28(19-34-29)30(38)35-25-10-14-36(15-11-25)21-24-6-4-23(18-32)5-7-24/h2-9,19-20,25,27H,10-17,21H2,1H3,(H,35,38). The van der Waals surface area contributed by atoms with Crippen molar-refractivity contribution in [3.8, 4) is 11.8 Å². The first-order valence-corrected chi connectivity index (χ1v) is 13.8. The molecule has 0 saturated carbocycles. The van der Waals surface area contributed by atoms with Crippen LogP contribution in [0.25, 0.3) is 0 Å². The van der Waals surface area contributed by atoms with Crippen LogP contribution in [0.4, 0.5) is 0 Å². The third-order valence-corrected chi connectivity index (χ3v) is 7.57. The molecule has 1 aromatic heterocycles. The third kappa shape index (κ3) is 7.01. The van der Waals surface area contributed by atoms with Gasteiger partial charge in [-0.3, -0.25) is 14.5 Å². The zero-order chi connectivity index (χ0) is 27.9. The zero-order valence-electron chi connectivity index (χ0n) is 22.8. The number of hydrogen-bond donors (Lipinski definition) is 1. The van der Waals surface area contributed by atoms with Gasteiger partial charge in [-0.25, -0.2) is 9.97 Å². The van der Waals surface area contributed by atoms with Crippen LogP contribution in [0, 0.1) is 18.3 Å². The van der Waals surface area contributed by atoms with E-state index in [2.05, 4.69) is 26.3 Å². The molecular formula is C31H34N6O3. The molecule has 5 rings (SSSR count). The molecule has 0 bridgehead atoms. The summed E-state index contributed by atoms with van der Waals surface area (Å²) in [7, 11) is 0. The molecule has 9 nitrogen and oxygen atoms in total. The molecule has 0 aliphatic carbocycles. The number of aromatic nitrogens is 2.